The maximum Gasteiger partial charge on any atom is 0.410 e. The molecule has 2 aliphatic rings. The van der Waals surface area contributed by atoms with Crippen LogP contribution in [0.1, 0.15) is 59.3 Å². The lowest BCUT2D eigenvalue weighted by atomic mass is 10.0. The summed E-state index contributed by atoms with van der Waals surface area (Å²) in [5, 5.41) is 3.50. The third-order valence-electron chi connectivity index (χ3n) is 4.30. The summed E-state index contributed by atoms with van der Waals surface area (Å²) in [5.41, 5.74) is -0.424. The minimum absolute atomic E-state index is 0.168. The van der Waals surface area contributed by atoms with E-state index in [4.69, 9.17) is 9.47 Å². The van der Waals surface area contributed by atoms with E-state index in [9.17, 15) is 4.79 Å². The van der Waals surface area contributed by atoms with E-state index < -0.39 is 5.60 Å². The van der Waals surface area contributed by atoms with E-state index in [-0.39, 0.29) is 12.1 Å². The maximum absolute atomic E-state index is 12.3. The molecule has 128 valence electrons. The summed E-state index contributed by atoms with van der Waals surface area (Å²) in [5.74, 6) is 0. The first-order chi connectivity index (χ1) is 10.5. The molecule has 0 bridgehead atoms. The van der Waals surface area contributed by atoms with E-state index in [0.717, 1.165) is 45.5 Å². The van der Waals surface area contributed by atoms with Crippen molar-refractivity contribution in [2.24, 2.45) is 0 Å². The molecule has 2 saturated heterocycles. The lowest BCUT2D eigenvalue weighted by molar-refractivity contribution is 0.00982. The van der Waals surface area contributed by atoms with Crippen molar-refractivity contribution < 1.29 is 14.3 Å². The fraction of sp³-hybridized carbons (Fsp3) is 0.941. The second kappa shape index (κ2) is 8.16. The van der Waals surface area contributed by atoms with Gasteiger partial charge in [0.05, 0.1) is 6.10 Å². The molecule has 0 radical (unpaired) electrons. The van der Waals surface area contributed by atoms with Gasteiger partial charge in [0.25, 0.3) is 0 Å². The third-order valence-corrected chi connectivity index (χ3v) is 4.30. The largest absolute Gasteiger partial charge is 0.444 e. The lowest BCUT2D eigenvalue weighted by Crippen LogP contribution is -2.50. The van der Waals surface area contributed by atoms with Crippen LogP contribution in [-0.2, 0) is 9.47 Å². The van der Waals surface area contributed by atoms with Gasteiger partial charge in [-0.2, -0.15) is 0 Å². The number of carbonyl (C=O) groups is 1. The Morgan fingerprint density at radius 3 is 2.77 bits per heavy atom. The van der Waals surface area contributed by atoms with Gasteiger partial charge in [0, 0.05) is 25.7 Å². The molecule has 1 N–H and O–H groups in total. The number of nitrogens with zero attached hydrogens (tertiary/aromatic N) is 1. The molecule has 2 rings (SSSR count). The van der Waals surface area contributed by atoms with Crippen LogP contribution in [0, 0.1) is 0 Å². The lowest BCUT2D eigenvalue weighted by Gasteiger charge is -2.37. The molecule has 0 aromatic heterocycles. The predicted molar refractivity (Wildman–Crippen MR) is 87.0 cm³/mol. The Hall–Kier alpha value is -0.810. The molecule has 2 unspecified atom stereocenters. The highest BCUT2D eigenvalue weighted by Crippen LogP contribution is 2.20. The minimum atomic E-state index is -0.424. The second-order valence-electron chi connectivity index (χ2n) is 7.45. The number of hydrogen-bond acceptors (Lipinski definition) is 4. The molecule has 0 spiro atoms. The Morgan fingerprint density at radius 1 is 1.27 bits per heavy atom. The van der Waals surface area contributed by atoms with Crippen LogP contribution in [0.25, 0.3) is 0 Å². The smallest absolute Gasteiger partial charge is 0.410 e. The summed E-state index contributed by atoms with van der Waals surface area (Å²) < 4.78 is 11.2. The van der Waals surface area contributed by atoms with Gasteiger partial charge in [-0.25, -0.2) is 4.79 Å². The van der Waals surface area contributed by atoms with Crippen LogP contribution >= 0.6 is 0 Å². The van der Waals surface area contributed by atoms with E-state index >= 15 is 0 Å². The zero-order valence-electron chi connectivity index (χ0n) is 14.4. The van der Waals surface area contributed by atoms with E-state index in [0.29, 0.717) is 6.10 Å². The fourth-order valence-corrected chi connectivity index (χ4v) is 3.18. The van der Waals surface area contributed by atoms with E-state index in [1.54, 1.807) is 0 Å². The molecule has 22 heavy (non-hydrogen) atoms. The standard InChI is InChI=1S/C17H32N2O3/c1-17(2,3)22-16(20)19-11-5-4-7-14(19)13-18-10-9-15-8-6-12-21-15/h14-15,18H,4-13H2,1-3H3. The van der Waals surface area contributed by atoms with Gasteiger partial charge < -0.3 is 19.7 Å². The van der Waals surface area contributed by atoms with Gasteiger partial charge in [0.1, 0.15) is 5.60 Å². The topological polar surface area (TPSA) is 50.8 Å². The first-order valence-corrected chi connectivity index (χ1v) is 8.77. The van der Waals surface area contributed by atoms with Crippen LogP contribution in [-0.4, -0.2) is 55.0 Å². The van der Waals surface area contributed by atoms with Gasteiger partial charge in [-0.15, -0.1) is 0 Å². The van der Waals surface area contributed by atoms with Crippen molar-refractivity contribution in [2.45, 2.75) is 77.0 Å². The Kier molecular flexibility index (Phi) is 6.50. The Morgan fingerprint density at radius 2 is 2.09 bits per heavy atom. The number of amides is 1. The van der Waals surface area contributed by atoms with Crippen LogP contribution in [0.15, 0.2) is 0 Å². The summed E-state index contributed by atoms with van der Waals surface area (Å²) in [6.45, 7) is 9.30. The molecule has 0 aromatic carbocycles. The number of ether oxygens (including phenoxy) is 2. The van der Waals surface area contributed by atoms with Crippen molar-refractivity contribution in [3.05, 3.63) is 0 Å². The van der Waals surface area contributed by atoms with Crippen LogP contribution < -0.4 is 5.32 Å². The highest BCUT2D eigenvalue weighted by Gasteiger charge is 2.30. The van der Waals surface area contributed by atoms with Crippen molar-refractivity contribution >= 4 is 6.09 Å². The molecule has 5 nitrogen and oxygen atoms in total. The number of likely N-dealkylation sites (tertiary alicyclic amines) is 1. The van der Waals surface area contributed by atoms with E-state index in [1.165, 1.54) is 19.3 Å². The molecular weight excluding hydrogens is 280 g/mol. The molecule has 0 aliphatic carbocycles. The van der Waals surface area contributed by atoms with Gasteiger partial charge in [-0.05, 0) is 65.8 Å². The molecule has 2 heterocycles. The quantitative estimate of drug-likeness (QED) is 0.793. The second-order valence-corrected chi connectivity index (χ2v) is 7.45. The van der Waals surface area contributed by atoms with Crippen molar-refractivity contribution in [1.29, 1.82) is 0 Å². The minimum Gasteiger partial charge on any atom is -0.444 e. The summed E-state index contributed by atoms with van der Waals surface area (Å²) in [4.78, 5) is 14.2. The van der Waals surface area contributed by atoms with Gasteiger partial charge >= 0.3 is 6.09 Å². The van der Waals surface area contributed by atoms with Crippen molar-refractivity contribution in [3.63, 3.8) is 0 Å². The SMILES string of the molecule is CC(C)(C)OC(=O)N1CCCCC1CNCCC1CCCO1. The van der Waals surface area contributed by atoms with Gasteiger partial charge in [-0.3, -0.25) is 0 Å². The van der Waals surface area contributed by atoms with E-state index in [2.05, 4.69) is 5.32 Å². The molecule has 0 aromatic rings. The van der Waals surface area contributed by atoms with Crippen molar-refractivity contribution in [1.82, 2.24) is 10.2 Å². The number of carbonyl (C=O) groups excluding carboxylic acids is 1. The summed E-state index contributed by atoms with van der Waals surface area (Å²) in [6.07, 6.45) is 7.04. The number of hydrogen-bond donors (Lipinski definition) is 1. The highest BCUT2D eigenvalue weighted by molar-refractivity contribution is 5.68. The molecule has 5 heteroatoms. The zero-order chi connectivity index (χ0) is 16.0. The molecular formula is C17H32N2O3. The zero-order valence-corrected chi connectivity index (χ0v) is 14.4. The van der Waals surface area contributed by atoms with Gasteiger partial charge in [-0.1, -0.05) is 0 Å². The van der Waals surface area contributed by atoms with Crippen LogP contribution in [0.3, 0.4) is 0 Å². The summed E-state index contributed by atoms with van der Waals surface area (Å²) in [6, 6.07) is 0.257. The van der Waals surface area contributed by atoms with Crippen molar-refractivity contribution in [3.8, 4) is 0 Å². The fourth-order valence-electron chi connectivity index (χ4n) is 3.18. The summed E-state index contributed by atoms with van der Waals surface area (Å²) in [7, 11) is 0. The van der Waals surface area contributed by atoms with Crippen LogP contribution in [0.2, 0.25) is 0 Å². The molecule has 2 fully saturated rings. The summed E-state index contributed by atoms with van der Waals surface area (Å²) >= 11 is 0. The van der Waals surface area contributed by atoms with E-state index in [1.807, 2.05) is 25.7 Å². The monoisotopic (exact) mass is 312 g/mol. The Bertz CT molecular complexity index is 348. The predicted octanol–water partition coefficient (Wildman–Crippen LogP) is 2.93. The maximum atomic E-state index is 12.3. The normalized spacial score (nSPS) is 26.2. The number of rotatable bonds is 5. The van der Waals surface area contributed by atoms with Crippen molar-refractivity contribution in [2.75, 3.05) is 26.2 Å². The Labute approximate surface area is 134 Å². The average molecular weight is 312 g/mol. The average Bonchev–Trinajstić information content (AvgIpc) is 2.95. The highest BCUT2D eigenvalue weighted by atomic mass is 16.6. The first kappa shape index (κ1) is 17.5. The van der Waals surface area contributed by atoms with Crippen LogP contribution in [0.5, 0.6) is 0 Å². The number of piperidine rings is 1. The molecule has 2 aliphatic heterocycles. The van der Waals surface area contributed by atoms with Crippen LogP contribution in [0.4, 0.5) is 4.79 Å². The number of nitrogens with one attached hydrogen (secondary N) is 1. The molecule has 2 atom stereocenters. The Balaban J connectivity index is 1.72. The first-order valence-electron chi connectivity index (χ1n) is 8.77. The molecule has 1 amide bonds. The van der Waals surface area contributed by atoms with Gasteiger partial charge in [0.2, 0.25) is 0 Å². The van der Waals surface area contributed by atoms with Gasteiger partial charge in [0.15, 0.2) is 0 Å². The molecule has 0 saturated carbocycles. The third kappa shape index (κ3) is 5.76.